The number of rotatable bonds is 3. The van der Waals surface area contributed by atoms with Crippen molar-refractivity contribution in [1.29, 1.82) is 0 Å². The van der Waals surface area contributed by atoms with Crippen LogP contribution in [0.5, 0.6) is 5.75 Å². The van der Waals surface area contributed by atoms with Crippen molar-refractivity contribution in [3.63, 3.8) is 0 Å². The van der Waals surface area contributed by atoms with Gasteiger partial charge in [0.15, 0.2) is 5.75 Å². The van der Waals surface area contributed by atoms with Gasteiger partial charge in [-0.15, -0.1) is 0 Å². The number of nitrogens with zero attached hydrogens (tertiary/aromatic N) is 1. The van der Waals surface area contributed by atoms with Crippen LogP contribution in [0.2, 0.25) is 0 Å². The van der Waals surface area contributed by atoms with Gasteiger partial charge in [0.1, 0.15) is 0 Å². The number of hydrogen-bond donors (Lipinski definition) is 1. The van der Waals surface area contributed by atoms with Crippen molar-refractivity contribution < 1.29 is 4.74 Å². The fourth-order valence-corrected chi connectivity index (χ4v) is 1.69. The maximum absolute atomic E-state index is 5.73. The molecule has 0 amide bonds. The van der Waals surface area contributed by atoms with Gasteiger partial charge in [-0.1, -0.05) is 0 Å². The molecule has 1 aliphatic rings. The molecule has 2 N–H and O–H groups in total. The summed E-state index contributed by atoms with van der Waals surface area (Å²) in [5, 5.41) is 0. The van der Waals surface area contributed by atoms with E-state index in [0.717, 1.165) is 27.9 Å². The monoisotopic (exact) mass is 290 g/mol. The summed E-state index contributed by atoms with van der Waals surface area (Å²) < 4.78 is 6.83. The molecule has 0 bridgehead atoms. The number of aromatic nitrogens is 1. The second-order valence-electron chi connectivity index (χ2n) is 3.09. The normalized spacial score (nSPS) is 15.8. The number of halogens is 1. The first-order chi connectivity index (χ1) is 6.31. The third-order valence-electron chi connectivity index (χ3n) is 1.93. The number of ether oxygens (including phenoxy) is 1. The van der Waals surface area contributed by atoms with Gasteiger partial charge >= 0.3 is 0 Å². The Morgan fingerprint density at radius 2 is 2.38 bits per heavy atom. The predicted molar refractivity (Wildman–Crippen MR) is 58.5 cm³/mol. The van der Waals surface area contributed by atoms with Crippen LogP contribution in [-0.4, -0.2) is 11.1 Å². The van der Waals surface area contributed by atoms with E-state index in [0.29, 0.717) is 12.6 Å². The van der Waals surface area contributed by atoms with Crippen molar-refractivity contribution in [2.45, 2.75) is 25.5 Å². The topological polar surface area (TPSA) is 48.1 Å². The first-order valence-corrected chi connectivity index (χ1v) is 5.39. The molecule has 1 saturated carbocycles. The average molecular weight is 290 g/mol. The van der Waals surface area contributed by atoms with E-state index >= 15 is 0 Å². The van der Waals surface area contributed by atoms with Gasteiger partial charge in [-0.2, -0.15) is 0 Å². The van der Waals surface area contributed by atoms with Gasteiger partial charge in [-0.25, -0.2) is 0 Å². The Morgan fingerprint density at radius 1 is 1.62 bits per heavy atom. The Morgan fingerprint density at radius 3 is 3.00 bits per heavy atom. The predicted octanol–water partition coefficient (Wildman–Crippen LogP) is 1.69. The molecule has 0 atom stereocenters. The smallest absolute Gasteiger partial charge is 0.155 e. The molecule has 0 aliphatic heterocycles. The first-order valence-electron chi connectivity index (χ1n) is 4.31. The quantitative estimate of drug-likeness (QED) is 0.862. The summed E-state index contributed by atoms with van der Waals surface area (Å²) in [5.41, 5.74) is 6.43. The van der Waals surface area contributed by atoms with Crippen LogP contribution in [0, 0.1) is 3.57 Å². The van der Waals surface area contributed by atoms with E-state index in [2.05, 4.69) is 27.6 Å². The van der Waals surface area contributed by atoms with E-state index in [1.165, 1.54) is 0 Å². The molecule has 3 nitrogen and oxygen atoms in total. The number of pyridine rings is 1. The third-order valence-corrected chi connectivity index (χ3v) is 2.78. The Hall–Kier alpha value is -0.360. The summed E-state index contributed by atoms with van der Waals surface area (Å²) in [7, 11) is 0. The Labute approximate surface area is 90.8 Å². The molecule has 70 valence electrons. The summed E-state index contributed by atoms with van der Waals surface area (Å²) in [6.45, 7) is 0.443. The Kier molecular flexibility index (Phi) is 2.69. The third kappa shape index (κ3) is 2.11. The molecule has 13 heavy (non-hydrogen) atoms. The van der Waals surface area contributed by atoms with Gasteiger partial charge in [0.25, 0.3) is 0 Å². The molecule has 0 saturated heterocycles. The second kappa shape index (κ2) is 3.79. The Bertz CT molecular complexity index is 312. The van der Waals surface area contributed by atoms with Crippen LogP contribution < -0.4 is 10.5 Å². The van der Waals surface area contributed by atoms with E-state index in [-0.39, 0.29) is 0 Å². The number of nitrogens with two attached hydrogens (primary N) is 1. The maximum Gasteiger partial charge on any atom is 0.155 e. The van der Waals surface area contributed by atoms with Crippen LogP contribution in [0.15, 0.2) is 12.3 Å². The van der Waals surface area contributed by atoms with Crippen LogP contribution in [0.3, 0.4) is 0 Å². The molecule has 1 aliphatic carbocycles. The van der Waals surface area contributed by atoms with E-state index < -0.39 is 0 Å². The Balaban J connectivity index is 2.27. The highest BCUT2D eigenvalue weighted by molar-refractivity contribution is 14.1. The summed E-state index contributed by atoms with van der Waals surface area (Å²) in [5.74, 6) is 0.883. The van der Waals surface area contributed by atoms with E-state index in [1.54, 1.807) is 6.20 Å². The zero-order chi connectivity index (χ0) is 9.26. The molecular weight excluding hydrogens is 279 g/mol. The zero-order valence-electron chi connectivity index (χ0n) is 7.16. The first kappa shape index (κ1) is 9.21. The lowest BCUT2D eigenvalue weighted by Gasteiger charge is -2.09. The van der Waals surface area contributed by atoms with Gasteiger partial charge in [-0.05, 0) is 41.5 Å². The largest absolute Gasteiger partial charge is 0.487 e. The minimum absolute atomic E-state index is 0.406. The van der Waals surface area contributed by atoms with Crippen LogP contribution in [0.1, 0.15) is 18.5 Å². The van der Waals surface area contributed by atoms with Crippen molar-refractivity contribution >= 4 is 22.6 Å². The summed E-state index contributed by atoms with van der Waals surface area (Å²) in [6, 6.07) is 1.94. The summed E-state index contributed by atoms with van der Waals surface area (Å²) in [6.07, 6.45) is 4.50. The molecule has 0 aromatic carbocycles. The average Bonchev–Trinajstić information content (AvgIpc) is 2.92. The highest BCUT2D eigenvalue weighted by atomic mass is 127. The van der Waals surface area contributed by atoms with Crippen molar-refractivity contribution in [1.82, 2.24) is 4.98 Å². The second-order valence-corrected chi connectivity index (χ2v) is 4.25. The fourth-order valence-electron chi connectivity index (χ4n) is 1.09. The SMILES string of the molecule is NCc1nccc(I)c1OC1CC1. The minimum atomic E-state index is 0.406. The van der Waals surface area contributed by atoms with Crippen LogP contribution in [0.25, 0.3) is 0 Å². The summed E-state index contributed by atoms with van der Waals surface area (Å²) in [4.78, 5) is 4.18. The molecule has 2 rings (SSSR count). The molecule has 4 heteroatoms. The molecule has 1 heterocycles. The molecule has 0 unspecified atom stereocenters. The fraction of sp³-hybridized carbons (Fsp3) is 0.444. The lowest BCUT2D eigenvalue weighted by atomic mass is 10.3. The maximum atomic E-state index is 5.73. The van der Waals surface area contributed by atoms with E-state index in [1.807, 2.05) is 6.07 Å². The van der Waals surface area contributed by atoms with Gasteiger partial charge < -0.3 is 10.5 Å². The lowest BCUT2D eigenvalue weighted by Crippen LogP contribution is -2.07. The van der Waals surface area contributed by atoms with Gasteiger partial charge in [0.05, 0.1) is 15.4 Å². The van der Waals surface area contributed by atoms with Crippen molar-refractivity contribution in [3.05, 3.63) is 21.5 Å². The molecular formula is C9H11IN2O. The minimum Gasteiger partial charge on any atom is -0.487 e. The highest BCUT2D eigenvalue weighted by Crippen LogP contribution is 2.31. The molecule has 1 aromatic heterocycles. The van der Waals surface area contributed by atoms with Gasteiger partial charge in [0, 0.05) is 12.7 Å². The molecule has 1 aromatic rings. The van der Waals surface area contributed by atoms with Crippen LogP contribution >= 0.6 is 22.6 Å². The van der Waals surface area contributed by atoms with E-state index in [4.69, 9.17) is 10.5 Å². The molecule has 1 fully saturated rings. The lowest BCUT2D eigenvalue weighted by molar-refractivity contribution is 0.296. The number of hydrogen-bond acceptors (Lipinski definition) is 3. The van der Waals surface area contributed by atoms with Crippen molar-refractivity contribution in [2.75, 3.05) is 0 Å². The van der Waals surface area contributed by atoms with Crippen molar-refractivity contribution in [2.24, 2.45) is 5.73 Å². The standard InChI is InChI=1S/C9H11IN2O/c10-7-3-4-12-8(5-11)9(7)13-6-1-2-6/h3-4,6H,1-2,5,11H2. The van der Waals surface area contributed by atoms with Crippen LogP contribution in [-0.2, 0) is 6.54 Å². The van der Waals surface area contributed by atoms with Crippen molar-refractivity contribution in [3.8, 4) is 5.75 Å². The van der Waals surface area contributed by atoms with Gasteiger partial charge in [-0.3, -0.25) is 4.98 Å². The van der Waals surface area contributed by atoms with Gasteiger partial charge in [0.2, 0.25) is 0 Å². The van der Waals surface area contributed by atoms with Crippen LogP contribution in [0.4, 0.5) is 0 Å². The zero-order valence-corrected chi connectivity index (χ0v) is 9.32. The van der Waals surface area contributed by atoms with E-state index in [9.17, 15) is 0 Å². The molecule has 0 radical (unpaired) electrons. The summed E-state index contributed by atoms with van der Waals surface area (Å²) >= 11 is 2.25. The molecule has 0 spiro atoms. The highest BCUT2D eigenvalue weighted by Gasteiger charge is 2.25.